The van der Waals surface area contributed by atoms with Gasteiger partial charge in [0.05, 0.1) is 11.9 Å². The van der Waals surface area contributed by atoms with Crippen LogP contribution in [0.5, 0.6) is 0 Å². The molecule has 0 unspecified atom stereocenters. The normalized spacial score (nSPS) is 10.8. The molecule has 4 N–H and O–H groups in total. The largest absolute Gasteiger partial charge is 0.382 e. The molecule has 6 nitrogen and oxygen atoms in total. The lowest BCUT2D eigenvalue weighted by molar-refractivity contribution is 0.433. The minimum absolute atomic E-state index is 0.321. The van der Waals surface area contributed by atoms with Gasteiger partial charge in [-0.2, -0.15) is 0 Å². The van der Waals surface area contributed by atoms with Crippen LogP contribution in [0.3, 0.4) is 0 Å². The Labute approximate surface area is 121 Å². The summed E-state index contributed by atoms with van der Waals surface area (Å²) in [4.78, 5) is 8.41. The van der Waals surface area contributed by atoms with E-state index in [1.807, 2.05) is 31.2 Å². The number of hydrogen-bond acceptors (Lipinski definition) is 6. The lowest BCUT2D eigenvalue weighted by atomic mass is 10.1. The van der Waals surface area contributed by atoms with Gasteiger partial charge in [-0.15, -0.1) is 0 Å². The number of hydrogen-bond donors (Lipinski definition) is 2. The first-order chi connectivity index (χ1) is 10.2. The van der Waals surface area contributed by atoms with Crippen LogP contribution in [0.4, 0.5) is 5.82 Å². The Hall–Kier alpha value is -2.73. The zero-order valence-electron chi connectivity index (χ0n) is 11.6. The summed E-state index contributed by atoms with van der Waals surface area (Å²) in [5.41, 5.74) is 15.4. The summed E-state index contributed by atoms with van der Waals surface area (Å²) in [6, 6.07) is 9.64. The smallest absolute Gasteiger partial charge is 0.189 e. The van der Waals surface area contributed by atoms with Gasteiger partial charge in [0.1, 0.15) is 5.69 Å². The van der Waals surface area contributed by atoms with Gasteiger partial charge in [0, 0.05) is 18.2 Å². The van der Waals surface area contributed by atoms with E-state index in [9.17, 15) is 0 Å². The molecule has 0 fully saturated rings. The second-order valence-corrected chi connectivity index (χ2v) is 4.72. The molecule has 0 saturated carbocycles. The third kappa shape index (κ3) is 2.61. The van der Waals surface area contributed by atoms with Crippen molar-refractivity contribution in [2.75, 3.05) is 5.73 Å². The minimum Gasteiger partial charge on any atom is -0.382 e. The molecule has 0 saturated heterocycles. The van der Waals surface area contributed by atoms with Crippen molar-refractivity contribution in [1.29, 1.82) is 0 Å². The highest BCUT2D eigenvalue weighted by atomic mass is 16.5. The summed E-state index contributed by atoms with van der Waals surface area (Å²) in [7, 11) is 0. The van der Waals surface area contributed by atoms with Crippen molar-refractivity contribution >= 4 is 5.82 Å². The lowest BCUT2D eigenvalue weighted by Gasteiger charge is -2.00. The number of nitrogens with zero attached hydrogens (tertiary/aromatic N) is 3. The van der Waals surface area contributed by atoms with Crippen LogP contribution in [-0.4, -0.2) is 15.1 Å². The van der Waals surface area contributed by atoms with Crippen molar-refractivity contribution < 1.29 is 4.52 Å². The zero-order valence-corrected chi connectivity index (χ0v) is 11.6. The van der Waals surface area contributed by atoms with E-state index in [1.165, 1.54) is 0 Å². The van der Waals surface area contributed by atoms with Crippen molar-refractivity contribution in [3.63, 3.8) is 0 Å². The second-order valence-electron chi connectivity index (χ2n) is 4.72. The van der Waals surface area contributed by atoms with Crippen molar-refractivity contribution in [3.8, 4) is 22.7 Å². The van der Waals surface area contributed by atoms with E-state index in [0.29, 0.717) is 23.8 Å². The van der Waals surface area contributed by atoms with Crippen molar-refractivity contribution in [3.05, 3.63) is 47.8 Å². The Morgan fingerprint density at radius 2 is 1.95 bits per heavy atom. The highest BCUT2D eigenvalue weighted by Crippen LogP contribution is 2.27. The molecule has 0 aliphatic rings. The topological polar surface area (TPSA) is 104 Å². The second kappa shape index (κ2) is 5.34. The van der Waals surface area contributed by atoms with E-state index in [1.54, 1.807) is 12.3 Å². The van der Waals surface area contributed by atoms with Gasteiger partial charge < -0.3 is 16.0 Å². The van der Waals surface area contributed by atoms with Crippen LogP contribution in [0.1, 0.15) is 11.3 Å². The summed E-state index contributed by atoms with van der Waals surface area (Å²) in [6.07, 6.45) is 1.61. The predicted molar refractivity (Wildman–Crippen MR) is 80.0 cm³/mol. The number of aryl methyl sites for hydroxylation is 1. The average molecular weight is 281 g/mol. The van der Waals surface area contributed by atoms with Gasteiger partial charge >= 0.3 is 0 Å². The molecule has 0 spiro atoms. The number of nitrogens with two attached hydrogens (primary N) is 2. The molecule has 3 rings (SSSR count). The molecule has 2 aromatic heterocycles. The van der Waals surface area contributed by atoms with E-state index in [-0.39, 0.29) is 0 Å². The molecule has 0 bridgehead atoms. The van der Waals surface area contributed by atoms with Gasteiger partial charge in [0.15, 0.2) is 17.3 Å². The van der Waals surface area contributed by atoms with Crippen LogP contribution >= 0.6 is 0 Å². The Morgan fingerprint density at radius 1 is 1.19 bits per heavy atom. The molecular formula is C15H15N5O. The van der Waals surface area contributed by atoms with Crippen LogP contribution in [0, 0.1) is 6.92 Å². The average Bonchev–Trinajstić information content (AvgIpc) is 2.99. The maximum atomic E-state index is 5.83. The maximum Gasteiger partial charge on any atom is 0.189 e. The van der Waals surface area contributed by atoms with Gasteiger partial charge in [0.2, 0.25) is 0 Å². The fourth-order valence-electron chi connectivity index (χ4n) is 2.00. The van der Waals surface area contributed by atoms with Crippen LogP contribution < -0.4 is 11.5 Å². The molecule has 21 heavy (non-hydrogen) atoms. The summed E-state index contributed by atoms with van der Waals surface area (Å²) in [6.45, 7) is 2.36. The quantitative estimate of drug-likeness (QED) is 0.762. The van der Waals surface area contributed by atoms with E-state index >= 15 is 0 Å². The molecule has 0 amide bonds. The van der Waals surface area contributed by atoms with Gasteiger partial charge in [-0.3, -0.25) is 0 Å². The molecule has 6 heteroatoms. The SMILES string of the molecule is Cc1cnc(N)c(-c2cc(-c3ccc(CN)cc3)no2)n1. The third-order valence-corrected chi connectivity index (χ3v) is 3.15. The van der Waals surface area contributed by atoms with Crippen LogP contribution in [0.25, 0.3) is 22.7 Å². The standard InChI is InChI=1S/C15H15N5O/c1-9-8-18-15(17)14(19-9)13-6-12(20-21-13)11-4-2-10(7-16)3-5-11/h2-6,8H,7,16H2,1H3,(H2,17,18). The summed E-state index contributed by atoms with van der Waals surface area (Å²) >= 11 is 0. The number of anilines is 1. The van der Waals surface area contributed by atoms with Gasteiger partial charge in [-0.25, -0.2) is 9.97 Å². The molecule has 0 atom stereocenters. The monoisotopic (exact) mass is 281 g/mol. The molecule has 2 heterocycles. The fourth-order valence-corrected chi connectivity index (χ4v) is 2.00. The van der Waals surface area contributed by atoms with Gasteiger partial charge in [0.25, 0.3) is 0 Å². The van der Waals surface area contributed by atoms with Crippen LogP contribution in [0.2, 0.25) is 0 Å². The number of nitrogen functional groups attached to an aromatic ring is 1. The van der Waals surface area contributed by atoms with Crippen molar-refractivity contribution in [1.82, 2.24) is 15.1 Å². The number of benzene rings is 1. The van der Waals surface area contributed by atoms with Gasteiger partial charge in [-0.1, -0.05) is 29.4 Å². The van der Waals surface area contributed by atoms with E-state index in [0.717, 1.165) is 22.5 Å². The number of aromatic nitrogens is 3. The molecule has 0 radical (unpaired) electrons. The van der Waals surface area contributed by atoms with E-state index in [2.05, 4.69) is 15.1 Å². The predicted octanol–water partition coefficient (Wildman–Crippen LogP) is 2.15. The van der Waals surface area contributed by atoms with Gasteiger partial charge in [-0.05, 0) is 12.5 Å². The number of rotatable bonds is 3. The molecule has 1 aromatic carbocycles. The van der Waals surface area contributed by atoms with Crippen LogP contribution in [0.15, 0.2) is 41.1 Å². The molecule has 0 aliphatic heterocycles. The summed E-state index contributed by atoms with van der Waals surface area (Å²) < 4.78 is 5.34. The Morgan fingerprint density at radius 3 is 2.67 bits per heavy atom. The Balaban J connectivity index is 1.97. The summed E-state index contributed by atoms with van der Waals surface area (Å²) in [5, 5.41) is 4.06. The lowest BCUT2D eigenvalue weighted by Crippen LogP contribution is -1.97. The summed E-state index contributed by atoms with van der Waals surface area (Å²) in [5.74, 6) is 0.823. The highest BCUT2D eigenvalue weighted by molar-refractivity contribution is 5.70. The van der Waals surface area contributed by atoms with E-state index < -0.39 is 0 Å². The first-order valence-corrected chi connectivity index (χ1v) is 6.53. The van der Waals surface area contributed by atoms with Crippen molar-refractivity contribution in [2.24, 2.45) is 5.73 Å². The highest BCUT2D eigenvalue weighted by Gasteiger charge is 2.13. The first-order valence-electron chi connectivity index (χ1n) is 6.53. The first kappa shape index (κ1) is 13.3. The zero-order chi connectivity index (χ0) is 14.8. The van der Waals surface area contributed by atoms with Crippen molar-refractivity contribution in [2.45, 2.75) is 13.5 Å². The maximum absolute atomic E-state index is 5.83. The Bertz CT molecular complexity index is 764. The molecule has 106 valence electrons. The van der Waals surface area contributed by atoms with Crippen LogP contribution in [-0.2, 0) is 6.54 Å². The molecule has 3 aromatic rings. The molecule has 0 aliphatic carbocycles. The fraction of sp³-hybridized carbons (Fsp3) is 0.133. The van der Waals surface area contributed by atoms with E-state index in [4.69, 9.17) is 16.0 Å². The Kier molecular flexibility index (Phi) is 3.37. The third-order valence-electron chi connectivity index (χ3n) is 3.15. The minimum atomic E-state index is 0.321. The molecular weight excluding hydrogens is 266 g/mol.